The molecule has 0 aliphatic heterocycles. The second-order valence-corrected chi connectivity index (χ2v) is 4.75. The number of anilines is 1. The molecule has 0 aromatic carbocycles. The van der Waals surface area contributed by atoms with Crippen LogP contribution in [-0.2, 0) is 0 Å². The molecule has 0 aliphatic carbocycles. The number of rotatable bonds is 3. The fourth-order valence-corrected chi connectivity index (χ4v) is 2.08. The Hall–Kier alpha value is -2.66. The van der Waals surface area contributed by atoms with Gasteiger partial charge in [0.15, 0.2) is 0 Å². The summed E-state index contributed by atoms with van der Waals surface area (Å²) < 4.78 is 0. The number of pyridine rings is 2. The van der Waals surface area contributed by atoms with Crippen LogP contribution in [0.1, 0.15) is 10.5 Å². The van der Waals surface area contributed by atoms with Gasteiger partial charge in [-0.05, 0) is 35.9 Å². The average molecular weight is 299 g/mol. The molecule has 0 spiro atoms. The minimum Gasteiger partial charge on any atom is -0.357 e. The number of aromatic nitrogens is 3. The third kappa shape index (κ3) is 3.09. The molecule has 3 aromatic heterocycles. The molecular formula is C15H11ClN4O. The lowest BCUT2D eigenvalue weighted by atomic mass is 10.1. The van der Waals surface area contributed by atoms with Gasteiger partial charge in [0, 0.05) is 36.0 Å². The van der Waals surface area contributed by atoms with Crippen molar-refractivity contribution in [2.75, 3.05) is 5.32 Å². The molecule has 3 heterocycles. The molecule has 1 amide bonds. The maximum absolute atomic E-state index is 12.1. The van der Waals surface area contributed by atoms with Gasteiger partial charge in [-0.25, -0.2) is 4.98 Å². The van der Waals surface area contributed by atoms with Crippen LogP contribution >= 0.6 is 11.6 Å². The van der Waals surface area contributed by atoms with Crippen LogP contribution in [0.15, 0.2) is 55.1 Å². The number of nitrogens with one attached hydrogen (secondary N) is 2. The second kappa shape index (κ2) is 5.76. The normalized spacial score (nSPS) is 10.3. The lowest BCUT2D eigenvalue weighted by Gasteiger charge is -2.02. The van der Waals surface area contributed by atoms with Crippen LogP contribution in [0.25, 0.3) is 11.1 Å². The summed E-state index contributed by atoms with van der Waals surface area (Å²) in [5.41, 5.74) is 2.93. The summed E-state index contributed by atoms with van der Waals surface area (Å²) >= 11 is 5.86. The van der Waals surface area contributed by atoms with Crippen LogP contribution in [0, 0.1) is 0 Å². The number of carbonyl (C=O) groups is 1. The van der Waals surface area contributed by atoms with E-state index in [1.165, 1.54) is 0 Å². The van der Waals surface area contributed by atoms with Crippen molar-refractivity contribution in [2.45, 2.75) is 0 Å². The van der Waals surface area contributed by atoms with Crippen molar-refractivity contribution in [3.05, 3.63) is 66.0 Å². The third-order valence-corrected chi connectivity index (χ3v) is 3.13. The van der Waals surface area contributed by atoms with E-state index in [9.17, 15) is 4.79 Å². The van der Waals surface area contributed by atoms with Crippen molar-refractivity contribution in [1.29, 1.82) is 0 Å². The molecule has 0 atom stereocenters. The third-order valence-electron chi connectivity index (χ3n) is 2.93. The monoisotopic (exact) mass is 298 g/mol. The quantitative estimate of drug-likeness (QED) is 0.728. The summed E-state index contributed by atoms with van der Waals surface area (Å²) in [5, 5.41) is 3.20. The SMILES string of the molecule is O=C(Nc1ccncc1)c1cc(-c2ccnc(Cl)c2)c[nH]1. The van der Waals surface area contributed by atoms with Gasteiger partial charge in [0.05, 0.1) is 0 Å². The predicted molar refractivity (Wildman–Crippen MR) is 81.2 cm³/mol. The first-order valence-corrected chi connectivity index (χ1v) is 6.62. The molecule has 0 unspecified atom stereocenters. The summed E-state index contributed by atoms with van der Waals surface area (Å²) in [4.78, 5) is 22.9. The highest BCUT2D eigenvalue weighted by Gasteiger charge is 2.10. The van der Waals surface area contributed by atoms with Crippen molar-refractivity contribution in [2.24, 2.45) is 0 Å². The van der Waals surface area contributed by atoms with E-state index in [-0.39, 0.29) is 5.91 Å². The molecule has 0 saturated carbocycles. The van der Waals surface area contributed by atoms with Gasteiger partial charge in [0.1, 0.15) is 10.8 Å². The van der Waals surface area contributed by atoms with Crippen LogP contribution in [0.4, 0.5) is 5.69 Å². The van der Waals surface area contributed by atoms with Crippen LogP contribution < -0.4 is 5.32 Å². The average Bonchev–Trinajstić information content (AvgIpc) is 2.98. The number of hydrogen-bond donors (Lipinski definition) is 2. The number of amides is 1. The Balaban J connectivity index is 1.80. The molecule has 5 nitrogen and oxygen atoms in total. The number of nitrogens with zero attached hydrogens (tertiary/aromatic N) is 2. The van der Waals surface area contributed by atoms with E-state index in [0.717, 1.165) is 11.1 Å². The van der Waals surface area contributed by atoms with Gasteiger partial charge in [0.2, 0.25) is 0 Å². The van der Waals surface area contributed by atoms with Crippen molar-refractivity contribution >= 4 is 23.2 Å². The zero-order chi connectivity index (χ0) is 14.7. The zero-order valence-electron chi connectivity index (χ0n) is 10.9. The Morgan fingerprint density at radius 1 is 1.10 bits per heavy atom. The largest absolute Gasteiger partial charge is 0.357 e. The van der Waals surface area contributed by atoms with Crippen LogP contribution in [0.3, 0.4) is 0 Å². The van der Waals surface area contributed by atoms with Crippen LogP contribution in [-0.4, -0.2) is 20.9 Å². The fraction of sp³-hybridized carbons (Fsp3) is 0. The Morgan fingerprint density at radius 2 is 1.90 bits per heavy atom. The van der Waals surface area contributed by atoms with E-state index in [1.807, 2.05) is 6.07 Å². The highest BCUT2D eigenvalue weighted by molar-refractivity contribution is 6.29. The molecule has 3 aromatic rings. The van der Waals surface area contributed by atoms with E-state index >= 15 is 0 Å². The Kier molecular flexibility index (Phi) is 3.66. The van der Waals surface area contributed by atoms with Crippen molar-refractivity contribution in [3.8, 4) is 11.1 Å². The van der Waals surface area contributed by atoms with Crippen LogP contribution in [0.2, 0.25) is 5.15 Å². The Bertz CT molecular complexity index is 770. The van der Waals surface area contributed by atoms with E-state index < -0.39 is 0 Å². The predicted octanol–water partition coefficient (Wildman–Crippen LogP) is 3.38. The molecular weight excluding hydrogens is 288 g/mol. The Morgan fingerprint density at radius 3 is 2.67 bits per heavy atom. The summed E-state index contributed by atoms with van der Waals surface area (Å²) in [6.45, 7) is 0. The molecule has 0 radical (unpaired) electrons. The molecule has 0 aliphatic rings. The molecule has 0 bridgehead atoms. The van der Waals surface area contributed by atoms with Gasteiger partial charge < -0.3 is 10.3 Å². The summed E-state index contributed by atoms with van der Waals surface area (Å²) in [6, 6.07) is 8.80. The zero-order valence-corrected chi connectivity index (χ0v) is 11.6. The van der Waals surface area contributed by atoms with Gasteiger partial charge in [-0.15, -0.1) is 0 Å². The number of carbonyl (C=O) groups excluding carboxylic acids is 1. The van der Waals surface area contributed by atoms with E-state index in [2.05, 4.69) is 20.3 Å². The molecule has 2 N–H and O–H groups in total. The first-order chi connectivity index (χ1) is 10.2. The van der Waals surface area contributed by atoms with Gasteiger partial charge in [-0.2, -0.15) is 0 Å². The molecule has 104 valence electrons. The van der Waals surface area contributed by atoms with E-state index in [1.54, 1.807) is 49.1 Å². The number of halogens is 1. The van der Waals surface area contributed by atoms with E-state index in [0.29, 0.717) is 16.5 Å². The smallest absolute Gasteiger partial charge is 0.272 e. The molecule has 3 rings (SSSR count). The van der Waals surface area contributed by atoms with Gasteiger partial charge in [0.25, 0.3) is 5.91 Å². The van der Waals surface area contributed by atoms with Crippen LogP contribution in [0.5, 0.6) is 0 Å². The minimum absolute atomic E-state index is 0.215. The first-order valence-electron chi connectivity index (χ1n) is 6.24. The van der Waals surface area contributed by atoms with Gasteiger partial charge in [-0.3, -0.25) is 9.78 Å². The highest BCUT2D eigenvalue weighted by Crippen LogP contribution is 2.22. The standard InChI is InChI=1S/C15H11ClN4O/c16-14-8-10(1-6-18-14)11-7-13(19-9-11)15(21)20-12-2-4-17-5-3-12/h1-9,19H,(H,17,20,21). The van der Waals surface area contributed by atoms with Crippen molar-refractivity contribution in [1.82, 2.24) is 15.0 Å². The highest BCUT2D eigenvalue weighted by atomic mass is 35.5. The first kappa shape index (κ1) is 13.3. The molecule has 0 fully saturated rings. The fourth-order valence-electron chi connectivity index (χ4n) is 1.91. The van der Waals surface area contributed by atoms with E-state index in [4.69, 9.17) is 11.6 Å². The van der Waals surface area contributed by atoms with Gasteiger partial charge >= 0.3 is 0 Å². The second-order valence-electron chi connectivity index (χ2n) is 4.36. The Labute approximate surface area is 126 Å². The lowest BCUT2D eigenvalue weighted by molar-refractivity contribution is 0.102. The molecule has 21 heavy (non-hydrogen) atoms. The summed E-state index contributed by atoms with van der Waals surface area (Å²) in [5.74, 6) is -0.215. The minimum atomic E-state index is -0.215. The molecule has 6 heteroatoms. The van der Waals surface area contributed by atoms with Crippen molar-refractivity contribution < 1.29 is 4.79 Å². The lowest BCUT2D eigenvalue weighted by Crippen LogP contribution is -2.11. The molecule has 0 saturated heterocycles. The maximum Gasteiger partial charge on any atom is 0.272 e. The van der Waals surface area contributed by atoms with Crippen molar-refractivity contribution in [3.63, 3.8) is 0 Å². The summed E-state index contributed by atoms with van der Waals surface area (Å²) in [7, 11) is 0. The number of hydrogen-bond acceptors (Lipinski definition) is 3. The number of H-pyrrole nitrogens is 1. The maximum atomic E-state index is 12.1. The topological polar surface area (TPSA) is 70.7 Å². The number of aromatic amines is 1. The van der Waals surface area contributed by atoms with Gasteiger partial charge in [-0.1, -0.05) is 11.6 Å². The summed E-state index contributed by atoms with van der Waals surface area (Å²) in [6.07, 6.45) is 6.62.